The van der Waals surface area contributed by atoms with Gasteiger partial charge in [0.15, 0.2) is 0 Å². The van der Waals surface area contributed by atoms with E-state index in [2.05, 4.69) is 22.6 Å². The first kappa shape index (κ1) is 16.6. The zero-order valence-corrected chi connectivity index (χ0v) is 15.1. The van der Waals surface area contributed by atoms with Crippen LogP contribution in [-0.2, 0) is 0 Å². The predicted molar refractivity (Wildman–Crippen MR) is 96.4 cm³/mol. The normalized spacial score (nSPS) is 21.3. The Morgan fingerprint density at radius 1 is 1.43 bits per heavy atom. The summed E-state index contributed by atoms with van der Waals surface area (Å²) < 4.78 is 0. The number of quaternary nitrogens is 1. The Morgan fingerprint density at radius 2 is 2.35 bits per heavy atom. The van der Waals surface area contributed by atoms with Gasteiger partial charge in [0.2, 0.25) is 0 Å². The topological polar surface area (TPSA) is 46.4 Å². The number of rotatable bonds is 6. The van der Waals surface area contributed by atoms with Gasteiger partial charge in [-0.15, -0.1) is 11.3 Å². The van der Waals surface area contributed by atoms with Gasteiger partial charge in [0, 0.05) is 29.3 Å². The number of thiophene rings is 1. The van der Waals surface area contributed by atoms with E-state index in [1.807, 2.05) is 16.8 Å². The number of amides is 1. The average molecular weight is 351 g/mol. The number of carbonyl (C=O) groups is 1. The van der Waals surface area contributed by atoms with Crippen LogP contribution in [-0.4, -0.2) is 36.6 Å². The quantitative estimate of drug-likeness (QED) is 0.786. The van der Waals surface area contributed by atoms with E-state index >= 15 is 0 Å². The molecule has 124 valence electrons. The molecule has 2 N–H and O–H groups in total. The van der Waals surface area contributed by atoms with Gasteiger partial charge in [-0.25, -0.2) is 4.98 Å². The van der Waals surface area contributed by atoms with Gasteiger partial charge in [-0.1, -0.05) is 0 Å². The number of nitrogens with zero attached hydrogens (tertiary/aromatic N) is 1. The van der Waals surface area contributed by atoms with Crippen molar-refractivity contribution in [2.24, 2.45) is 0 Å². The van der Waals surface area contributed by atoms with Gasteiger partial charge in [-0.3, -0.25) is 4.79 Å². The highest BCUT2D eigenvalue weighted by Crippen LogP contribution is 2.25. The van der Waals surface area contributed by atoms with Crippen LogP contribution in [0.4, 0.5) is 0 Å². The predicted octanol–water partition coefficient (Wildman–Crippen LogP) is 2.45. The average Bonchev–Trinajstić information content (AvgIpc) is 3.23. The lowest BCUT2D eigenvalue weighted by molar-refractivity contribution is -0.928. The minimum Gasteiger partial charge on any atom is -0.350 e. The molecule has 0 aliphatic carbocycles. The second kappa shape index (κ2) is 8.04. The highest BCUT2D eigenvalue weighted by atomic mass is 32.1. The lowest BCUT2D eigenvalue weighted by atomic mass is 10.0. The van der Waals surface area contributed by atoms with Gasteiger partial charge in [0.1, 0.15) is 10.7 Å². The molecule has 0 saturated carbocycles. The second-order valence-electron chi connectivity index (χ2n) is 6.21. The van der Waals surface area contributed by atoms with Crippen LogP contribution in [0.1, 0.15) is 43.1 Å². The van der Waals surface area contributed by atoms with Gasteiger partial charge in [-0.05, 0) is 37.6 Å². The van der Waals surface area contributed by atoms with Crippen LogP contribution in [0.3, 0.4) is 0 Å². The van der Waals surface area contributed by atoms with Gasteiger partial charge in [-0.2, -0.15) is 11.3 Å². The van der Waals surface area contributed by atoms with E-state index in [0.29, 0.717) is 5.69 Å². The number of nitrogens with one attached hydrogen (secondary N) is 2. The monoisotopic (exact) mass is 350 g/mol. The number of hydrogen-bond donors (Lipinski definition) is 2. The number of piperidine rings is 1. The summed E-state index contributed by atoms with van der Waals surface area (Å²) in [6.45, 7) is 5.51. The molecule has 0 bridgehead atoms. The van der Waals surface area contributed by atoms with Crippen molar-refractivity contribution in [3.8, 4) is 10.6 Å². The van der Waals surface area contributed by atoms with Crippen molar-refractivity contribution in [3.05, 3.63) is 27.9 Å². The van der Waals surface area contributed by atoms with Crippen LogP contribution in [0.5, 0.6) is 0 Å². The fraction of sp³-hybridized carbons (Fsp3) is 0.529. The molecule has 0 aromatic carbocycles. The highest BCUT2D eigenvalue weighted by Gasteiger charge is 2.21. The molecule has 23 heavy (non-hydrogen) atoms. The summed E-state index contributed by atoms with van der Waals surface area (Å²) in [6, 6.07) is 2.81. The van der Waals surface area contributed by atoms with Crippen molar-refractivity contribution in [1.29, 1.82) is 0 Å². The van der Waals surface area contributed by atoms with Crippen molar-refractivity contribution in [2.75, 3.05) is 19.6 Å². The van der Waals surface area contributed by atoms with E-state index in [4.69, 9.17) is 0 Å². The molecule has 2 atom stereocenters. The summed E-state index contributed by atoms with van der Waals surface area (Å²) in [5.74, 6) is -0.0515. The summed E-state index contributed by atoms with van der Waals surface area (Å²) in [4.78, 5) is 18.3. The van der Waals surface area contributed by atoms with E-state index in [0.717, 1.165) is 36.1 Å². The lowest BCUT2D eigenvalue weighted by Gasteiger charge is -2.30. The smallest absolute Gasteiger partial charge is 0.270 e. The van der Waals surface area contributed by atoms with Crippen LogP contribution in [0.15, 0.2) is 22.2 Å². The molecule has 1 saturated heterocycles. The summed E-state index contributed by atoms with van der Waals surface area (Å²) >= 11 is 3.17. The van der Waals surface area contributed by atoms with Gasteiger partial charge >= 0.3 is 0 Å². The largest absolute Gasteiger partial charge is 0.350 e. The van der Waals surface area contributed by atoms with E-state index in [-0.39, 0.29) is 5.91 Å². The van der Waals surface area contributed by atoms with E-state index in [1.165, 1.54) is 37.1 Å². The minimum atomic E-state index is -0.0515. The number of carbonyl (C=O) groups excluding carboxylic acids is 1. The van der Waals surface area contributed by atoms with Crippen LogP contribution < -0.4 is 10.2 Å². The zero-order chi connectivity index (χ0) is 16.1. The molecule has 1 aliphatic heterocycles. The summed E-state index contributed by atoms with van der Waals surface area (Å²) in [7, 11) is 0. The third-order valence-corrected chi connectivity index (χ3v) is 6.12. The third-order valence-electron chi connectivity index (χ3n) is 4.55. The molecule has 3 heterocycles. The summed E-state index contributed by atoms with van der Waals surface area (Å²) in [5, 5.41) is 9.86. The number of likely N-dealkylation sites (tertiary alicyclic amines) is 1. The van der Waals surface area contributed by atoms with Crippen molar-refractivity contribution < 1.29 is 9.69 Å². The van der Waals surface area contributed by atoms with Crippen molar-refractivity contribution in [3.63, 3.8) is 0 Å². The van der Waals surface area contributed by atoms with Crippen molar-refractivity contribution in [2.45, 2.75) is 38.6 Å². The number of hydrogen-bond acceptors (Lipinski definition) is 4. The Kier molecular flexibility index (Phi) is 5.80. The fourth-order valence-corrected chi connectivity index (χ4v) is 4.64. The molecule has 2 aromatic rings. The maximum absolute atomic E-state index is 12.2. The van der Waals surface area contributed by atoms with Crippen molar-refractivity contribution >= 4 is 28.6 Å². The maximum Gasteiger partial charge on any atom is 0.270 e. The van der Waals surface area contributed by atoms with E-state index in [1.54, 1.807) is 16.2 Å². The third kappa shape index (κ3) is 4.40. The lowest BCUT2D eigenvalue weighted by Crippen LogP contribution is -3.16. The molecular formula is C17H24N3OS2+. The number of aromatic nitrogens is 1. The fourth-order valence-electron chi connectivity index (χ4n) is 3.13. The Hall–Kier alpha value is -1.24. The molecule has 4 nitrogen and oxygen atoms in total. The number of thiazole rings is 1. The van der Waals surface area contributed by atoms with Crippen LogP contribution in [0.25, 0.3) is 10.6 Å². The maximum atomic E-state index is 12.2. The Bertz CT molecular complexity index is 624. The molecule has 1 amide bonds. The summed E-state index contributed by atoms with van der Waals surface area (Å²) in [6.07, 6.45) is 5.09. The molecular weight excluding hydrogens is 326 g/mol. The molecule has 0 spiro atoms. The Labute approximate surface area is 145 Å². The Morgan fingerprint density at radius 3 is 3.13 bits per heavy atom. The SMILES string of the molecule is C[C@@H]1CCCC[NH+]1CCCNC(=O)c1csc(-c2ccsc2)n1. The first-order valence-corrected chi connectivity index (χ1v) is 10.2. The van der Waals surface area contributed by atoms with Crippen LogP contribution in [0, 0.1) is 0 Å². The van der Waals surface area contributed by atoms with Crippen LogP contribution in [0.2, 0.25) is 0 Å². The molecule has 1 fully saturated rings. The summed E-state index contributed by atoms with van der Waals surface area (Å²) in [5.41, 5.74) is 1.64. The molecule has 1 unspecified atom stereocenters. The first-order chi connectivity index (χ1) is 11.2. The molecule has 2 aromatic heterocycles. The standard InChI is InChI=1S/C17H23N3OS2/c1-13-5-2-3-8-20(13)9-4-7-18-16(21)15-12-23-17(19-15)14-6-10-22-11-14/h6,10-13H,2-5,7-9H2,1H3,(H,18,21)/p+1/t13-/m1/s1. The zero-order valence-electron chi connectivity index (χ0n) is 13.5. The van der Waals surface area contributed by atoms with Crippen LogP contribution >= 0.6 is 22.7 Å². The Balaban J connectivity index is 1.43. The first-order valence-electron chi connectivity index (χ1n) is 8.35. The molecule has 0 radical (unpaired) electrons. The second-order valence-corrected chi connectivity index (χ2v) is 7.85. The van der Waals surface area contributed by atoms with E-state index < -0.39 is 0 Å². The minimum absolute atomic E-state index is 0.0515. The molecule has 6 heteroatoms. The molecule has 1 aliphatic rings. The van der Waals surface area contributed by atoms with E-state index in [9.17, 15) is 4.79 Å². The van der Waals surface area contributed by atoms with Crippen molar-refractivity contribution in [1.82, 2.24) is 10.3 Å². The highest BCUT2D eigenvalue weighted by molar-refractivity contribution is 7.14. The van der Waals surface area contributed by atoms with Gasteiger partial charge in [0.05, 0.1) is 19.1 Å². The van der Waals surface area contributed by atoms with Gasteiger partial charge in [0.25, 0.3) is 5.91 Å². The molecule has 3 rings (SSSR count). The van der Waals surface area contributed by atoms with Gasteiger partial charge < -0.3 is 10.2 Å².